The van der Waals surface area contributed by atoms with Gasteiger partial charge in [-0.05, 0) is 24.4 Å². The van der Waals surface area contributed by atoms with Gasteiger partial charge in [-0.3, -0.25) is 0 Å². The van der Waals surface area contributed by atoms with E-state index in [4.69, 9.17) is 11.6 Å². The number of hydrogen-bond acceptors (Lipinski definition) is 0. The highest BCUT2D eigenvalue weighted by Crippen LogP contribution is 2.08. The van der Waals surface area contributed by atoms with E-state index in [1.54, 1.807) is 0 Å². The van der Waals surface area contributed by atoms with Crippen molar-refractivity contribution >= 4 is 16.8 Å². The Hall–Kier alpha value is 0.250. The molecule has 0 N–H and O–H groups in total. The SMILES string of the molecule is C[N+]1=C(Cl)CCCCC1.[Cl-]. The predicted octanol–water partition coefficient (Wildman–Crippen LogP) is -1.16. The van der Waals surface area contributed by atoms with Crippen LogP contribution in [0.5, 0.6) is 0 Å². The normalized spacial score (nSPS) is 19.8. The van der Waals surface area contributed by atoms with Gasteiger partial charge in [0.05, 0.1) is 0 Å². The summed E-state index contributed by atoms with van der Waals surface area (Å²) < 4.78 is 2.15. The van der Waals surface area contributed by atoms with Crippen molar-refractivity contribution in [1.29, 1.82) is 0 Å². The third-order valence-corrected chi connectivity index (χ3v) is 2.27. The highest BCUT2D eigenvalue weighted by Gasteiger charge is 2.10. The Morgan fingerprint density at radius 1 is 1.30 bits per heavy atom. The molecule has 0 aliphatic carbocycles. The van der Waals surface area contributed by atoms with Crippen LogP contribution in [-0.2, 0) is 0 Å². The molecule has 3 heteroatoms. The summed E-state index contributed by atoms with van der Waals surface area (Å²) in [4.78, 5) is 0. The van der Waals surface area contributed by atoms with Crippen molar-refractivity contribution in [2.75, 3.05) is 13.6 Å². The molecule has 0 bridgehead atoms. The van der Waals surface area contributed by atoms with Crippen LogP contribution in [0.3, 0.4) is 0 Å². The first-order chi connectivity index (χ1) is 4.30. The lowest BCUT2D eigenvalue weighted by Gasteiger charge is -1.91. The lowest BCUT2D eigenvalue weighted by atomic mass is 10.2. The second-order valence-electron chi connectivity index (χ2n) is 2.61. The largest absolute Gasteiger partial charge is 1.00 e. The number of rotatable bonds is 0. The zero-order chi connectivity index (χ0) is 6.69. The van der Waals surface area contributed by atoms with Crippen LogP contribution in [0.4, 0.5) is 0 Å². The Morgan fingerprint density at radius 3 is 2.70 bits per heavy atom. The topological polar surface area (TPSA) is 3.01 Å². The molecule has 0 atom stereocenters. The monoisotopic (exact) mass is 181 g/mol. The van der Waals surface area contributed by atoms with E-state index >= 15 is 0 Å². The fourth-order valence-electron chi connectivity index (χ4n) is 1.11. The summed E-state index contributed by atoms with van der Waals surface area (Å²) in [7, 11) is 2.06. The Kier molecular flexibility index (Phi) is 5.10. The van der Waals surface area contributed by atoms with E-state index in [0.717, 1.165) is 18.1 Å². The van der Waals surface area contributed by atoms with Crippen molar-refractivity contribution < 1.29 is 17.0 Å². The summed E-state index contributed by atoms with van der Waals surface area (Å²) >= 11 is 5.91. The molecule has 0 radical (unpaired) electrons. The molecule has 0 saturated heterocycles. The van der Waals surface area contributed by atoms with Crippen LogP contribution in [0.1, 0.15) is 25.7 Å². The van der Waals surface area contributed by atoms with E-state index < -0.39 is 0 Å². The van der Waals surface area contributed by atoms with Gasteiger partial charge in [0.15, 0.2) is 0 Å². The van der Waals surface area contributed by atoms with Gasteiger partial charge in [-0.25, -0.2) is 4.58 Å². The average molecular weight is 182 g/mol. The molecule has 0 spiro atoms. The quantitative estimate of drug-likeness (QED) is 0.416. The predicted molar refractivity (Wildman–Crippen MR) is 40.4 cm³/mol. The minimum Gasteiger partial charge on any atom is -1.00 e. The molecule has 0 amide bonds. The highest BCUT2D eigenvalue weighted by molar-refractivity contribution is 6.63. The maximum Gasteiger partial charge on any atom is 0.244 e. The third kappa shape index (κ3) is 2.89. The fourth-order valence-corrected chi connectivity index (χ4v) is 1.33. The molecule has 0 aromatic carbocycles. The minimum absolute atomic E-state index is 0. The molecule has 0 aromatic rings. The van der Waals surface area contributed by atoms with Gasteiger partial charge in [0.2, 0.25) is 5.17 Å². The van der Waals surface area contributed by atoms with E-state index in [1.807, 2.05) is 0 Å². The van der Waals surface area contributed by atoms with Gasteiger partial charge in [-0.15, -0.1) is 0 Å². The molecule has 1 heterocycles. The first-order valence-electron chi connectivity index (χ1n) is 3.53. The zero-order valence-corrected chi connectivity index (χ0v) is 7.75. The summed E-state index contributed by atoms with van der Waals surface area (Å²) in [6, 6.07) is 0. The van der Waals surface area contributed by atoms with Crippen LogP contribution in [0, 0.1) is 0 Å². The van der Waals surface area contributed by atoms with E-state index in [1.165, 1.54) is 19.3 Å². The van der Waals surface area contributed by atoms with Crippen molar-refractivity contribution in [2.45, 2.75) is 25.7 Å². The Morgan fingerprint density at radius 2 is 2.00 bits per heavy atom. The lowest BCUT2D eigenvalue weighted by molar-refractivity contribution is -0.495. The van der Waals surface area contributed by atoms with E-state index in [9.17, 15) is 0 Å². The Balaban J connectivity index is 0.000000810. The van der Waals surface area contributed by atoms with E-state index in [0.29, 0.717) is 0 Å². The number of halogens is 2. The maximum absolute atomic E-state index is 5.91. The summed E-state index contributed by atoms with van der Waals surface area (Å²) in [6.07, 6.45) is 4.98. The van der Waals surface area contributed by atoms with Crippen molar-refractivity contribution in [1.82, 2.24) is 0 Å². The van der Waals surface area contributed by atoms with Gasteiger partial charge in [0.25, 0.3) is 0 Å². The van der Waals surface area contributed by atoms with Gasteiger partial charge in [-0.1, -0.05) is 0 Å². The Labute approximate surface area is 73.5 Å². The molecule has 10 heavy (non-hydrogen) atoms. The van der Waals surface area contributed by atoms with Crippen molar-refractivity contribution in [3.8, 4) is 0 Å². The van der Waals surface area contributed by atoms with Crippen molar-refractivity contribution in [3.63, 3.8) is 0 Å². The van der Waals surface area contributed by atoms with Crippen LogP contribution >= 0.6 is 11.6 Å². The molecule has 1 rings (SSSR count). The summed E-state index contributed by atoms with van der Waals surface area (Å²) in [5.74, 6) is 0. The first-order valence-corrected chi connectivity index (χ1v) is 3.91. The Bertz CT molecular complexity index is 118. The number of hydrogen-bond donors (Lipinski definition) is 0. The fraction of sp³-hybridized carbons (Fsp3) is 0.857. The molecule has 0 unspecified atom stereocenters. The smallest absolute Gasteiger partial charge is 0.244 e. The lowest BCUT2D eigenvalue weighted by Crippen LogP contribution is -3.00. The van der Waals surface area contributed by atoms with Crippen molar-refractivity contribution in [2.24, 2.45) is 0 Å². The van der Waals surface area contributed by atoms with Gasteiger partial charge in [0.1, 0.15) is 13.6 Å². The van der Waals surface area contributed by atoms with Crippen molar-refractivity contribution in [3.05, 3.63) is 0 Å². The molecule has 0 saturated carbocycles. The first kappa shape index (κ1) is 10.2. The molecule has 60 valence electrons. The van der Waals surface area contributed by atoms with Crippen LogP contribution in [0.25, 0.3) is 0 Å². The van der Waals surface area contributed by atoms with E-state index in [2.05, 4.69) is 11.6 Å². The molecule has 1 aliphatic heterocycles. The third-order valence-electron chi connectivity index (χ3n) is 1.79. The minimum atomic E-state index is 0. The van der Waals surface area contributed by atoms with Crippen LogP contribution < -0.4 is 12.4 Å². The summed E-state index contributed by atoms with van der Waals surface area (Å²) in [5.41, 5.74) is 0. The maximum atomic E-state index is 5.91. The number of nitrogens with zero attached hydrogens (tertiary/aromatic N) is 1. The van der Waals surface area contributed by atoms with Gasteiger partial charge in [-0.2, -0.15) is 0 Å². The van der Waals surface area contributed by atoms with Crippen LogP contribution in [0.2, 0.25) is 0 Å². The van der Waals surface area contributed by atoms with Gasteiger partial charge < -0.3 is 12.4 Å². The van der Waals surface area contributed by atoms with Crippen LogP contribution in [0.15, 0.2) is 0 Å². The highest BCUT2D eigenvalue weighted by atomic mass is 35.5. The molecule has 0 fully saturated rings. The second kappa shape index (κ2) is 4.97. The second-order valence-corrected chi connectivity index (χ2v) is 3.04. The molecular formula is C7H13Cl2N. The van der Waals surface area contributed by atoms with E-state index in [-0.39, 0.29) is 12.4 Å². The molecule has 1 aliphatic rings. The van der Waals surface area contributed by atoms with Gasteiger partial charge in [0, 0.05) is 12.8 Å². The molecule has 0 aromatic heterocycles. The summed E-state index contributed by atoms with van der Waals surface area (Å²) in [6.45, 7) is 1.14. The average Bonchev–Trinajstić information content (AvgIpc) is 1.99. The molecule has 1 nitrogen and oxygen atoms in total. The van der Waals surface area contributed by atoms with Crippen LogP contribution in [-0.4, -0.2) is 23.3 Å². The standard InChI is InChI=1S/C7H13ClN.ClH/c1-9-6-4-2-3-5-7(9)8;/h2-6H2,1H3;1H/q+1;/p-1. The summed E-state index contributed by atoms with van der Waals surface area (Å²) in [5, 5.41) is 1.03. The van der Waals surface area contributed by atoms with Gasteiger partial charge >= 0.3 is 0 Å². The molecular weight excluding hydrogens is 169 g/mol. The zero-order valence-electron chi connectivity index (χ0n) is 6.24.